The highest BCUT2D eigenvalue weighted by atomic mass is 17.3. The maximum Gasteiger partial charge on any atom is 0.320 e. The minimum absolute atomic E-state index is 0. The molecular formula is C18H24N2O8. The lowest BCUT2D eigenvalue weighted by atomic mass is 10.1. The third kappa shape index (κ3) is 15.8. The number of phenolic OH excluding ortho intramolecular Hbond substituents is 2. The number of hydrogen-bond acceptors (Lipinski definition) is 9. The smallest absolute Gasteiger partial charge is 0.320 e. The number of hydrogen-bond donors (Lipinski definition) is 7. The molecule has 28 heavy (non-hydrogen) atoms. The summed E-state index contributed by atoms with van der Waals surface area (Å²) in [5.41, 5.74) is 7.08. The van der Waals surface area contributed by atoms with E-state index < -0.39 is 12.0 Å². The molecule has 0 amide bonds. The Balaban J connectivity index is -0.000000116. The molecule has 10 nitrogen and oxygen atoms in total. The maximum absolute atomic E-state index is 10.4. The van der Waals surface area contributed by atoms with Crippen molar-refractivity contribution in [2.24, 2.45) is 5.73 Å². The summed E-state index contributed by atoms with van der Waals surface area (Å²) >= 11 is 0. The van der Waals surface area contributed by atoms with E-state index in [-0.39, 0.29) is 22.2 Å². The Bertz CT molecular complexity index is 841. The summed E-state index contributed by atoms with van der Waals surface area (Å²) < 4.78 is 0. The highest BCUT2D eigenvalue weighted by Crippen LogP contribution is 2.25. The zero-order chi connectivity index (χ0) is 21.8. The Kier molecular flexibility index (Phi) is 17.1. The molecule has 0 aliphatic rings. The zero-order valence-corrected chi connectivity index (χ0v) is 14.6. The van der Waals surface area contributed by atoms with Crippen LogP contribution in [0.15, 0.2) is 18.2 Å². The number of phenols is 2. The first-order valence-electron chi connectivity index (χ1n) is 7.06. The molecule has 0 aromatic heterocycles. The molecule has 1 aromatic rings. The lowest BCUT2D eigenvalue weighted by Gasteiger charge is -2.06. The fraction of sp³-hybridized carbons (Fsp3) is 0.167. The number of benzene rings is 1. The first kappa shape index (κ1) is 26.5. The van der Waals surface area contributed by atoms with Gasteiger partial charge in [-0.05, 0) is 72.2 Å². The maximum atomic E-state index is 10.4. The van der Waals surface area contributed by atoms with Crippen LogP contribution in [0.3, 0.4) is 0 Å². The lowest BCUT2D eigenvalue weighted by Crippen LogP contribution is -2.32. The second-order valence-corrected chi connectivity index (χ2v) is 4.26. The highest BCUT2D eigenvalue weighted by Gasteiger charge is 2.12. The van der Waals surface area contributed by atoms with Crippen LogP contribution in [0.25, 0.3) is 0 Å². The summed E-state index contributed by atoms with van der Waals surface area (Å²) in [7, 11) is 0. The molecule has 154 valence electrons. The average molecular weight is 396 g/mol. The number of aromatic hydroxyl groups is 2. The van der Waals surface area contributed by atoms with E-state index in [0.717, 1.165) is 0 Å². The van der Waals surface area contributed by atoms with Crippen molar-refractivity contribution < 1.29 is 44.9 Å². The van der Waals surface area contributed by atoms with E-state index >= 15 is 0 Å². The molecule has 1 aromatic carbocycles. The van der Waals surface area contributed by atoms with Crippen molar-refractivity contribution in [3.05, 3.63) is 23.8 Å². The minimum atomic E-state index is -1.10. The van der Waals surface area contributed by atoms with E-state index in [2.05, 4.69) is 51.4 Å². The van der Waals surface area contributed by atoms with Crippen LogP contribution in [0.4, 0.5) is 0 Å². The predicted molar refractivity (Wildman–Crippen MR) is 104 cm³/mol. The summed E-state index contributed by atoms with van der Waals surface area (Å²) in [6.45, 7) is 1.71. The summed E-state index contributed by atoms with van der Waals surface area (Å²) in [6, 6.07) is 3.09. The van der Waals surface area contributed by atoms with E-state index in [1.165, 1.54) is 23.8 Å². The van der Waals surface area contributed by atoms with Gasteiger partial charge in [0.05, 0.1) is 0 Å². The second-order valence-electron chi connectivity index (χ2n) is 4.26. The third-order valence-electron chi connectivity index (χ3n) is 2.33. The lowest BCUT2D eigenvalue weighted by molar-refractivity contribution is -0.456. The van der Waals surface area contributed by atoms with Gasteiger partial charge >= 0.3 is 5.97 Å². The SMILES string of the molecule is C#CC#CC#CC#CC.N[C@@H](Cc1ccc(O)c(O)c1)C(=O)O.OONOO.[HH].[HH].[HH]. The van der Waals surface area contributed by atoms with Gasteiger partial charge in [0.15, 0.2) is 11.5 Å². The van der Waals surface area contributed by atoms with Crippen LogP contribution in [0.5, 0.6) is 11.5 Å². The highest BCUT2D eigenvalue weighted by molar-refractivity contribution is 5.73. The Morgan fingerprint density at radius 2 is 1.75 bits per heavy atom. The van der Waals surface area contributed by atoms with Gasteiger partial charge in [0.25, 0.3) is 0 Å². The number of carboxylic acids is 1. The van der Waals surface area contributed by atoms with Crippen LogP contribution < -0.4 is 11.4 Å². The number of rotatable bonds is 5. The minimum Gasteiger partial charge on any atom is -0.504 e. The standard InChI is InChI=1S/C9H11NO4.C9H4.H3NO4.3H2/c10-6(9(13)14)3-5-1-2-7(11)8(12)4-5;1-3-5-7-9-8-6-4-2;2-4-1-5-3;;;/h1-2,4,6,11-12H,3,10H2,(H,13,14);1H,2H3;1-3H;3*1H/t6-;;;;;/m0...../s1. The molecular weight excluding hydrogens is 372 g/mol. The molecule has 0 fully saturated rings. The van der Waals surface area contributed by atoms with Crippen LogP contribution in [-0.4, -0.2) is 37.8 Å². The summed E-state index contributed by atoms with van der Waals surface area (Å²) in [4.78, 5) is 16.4. The molecule has 0 saturated carbocycles. The molecule has 0 bridgehead atoms. The van der Waals surface area contributed by atoms with Crippen molar-refractivity contribution in [3.8, 4) is 59.4 Å². The van der Waals surface area contributed by atoms with Crippen molar-refractivity contribution in [3.63, 3.8) is 0 Å². The molecule has 0 saturated heterocycles. The van der Waals surface area contributed by atoms with Crippen molar-refractivity contribution in [1.29, 1.82) is 0 Å². The summed E-state index contributed by atoms with van der Waals surface area (Å²) in [6.07, 6.45) is 4.93. The molecule has 0 unspecified atom stereocenters. The van der Waals surface area contributed by atoms with Crippen LogP contribution in [0, 0.1) is 47.9 Å². The largest absolute Gasteiger partial charge is 0.504 e. The molecule has 0 radical (unpaired) electrons. The van der Waals surface area contributed by atoms with Crippen molar-refractivity contribution in [2.75, 3.05) is 0 Å². The van der Waals surface area contributed by atoms with E-state index in [0.29, 0.717) is 5.56 Å². The van der Waals surface area contributed by atoms with Gasteiger partial charge < -0.3 is 21.1 Å². The van der Waals surface area contributed by atoms with Crippen LogP contribution in [0.2, 0.25) is 0 Å². The van der Waals surface area contributed by atoms with Gasteiger partial charge in [0, 0.05) is 4.28 Å². The van der Waals surface area contributed by atoms with Gasteiger partial charge in [0.1, 0.15) is 6.04 Å². The Hall–Kier alpha value is -3.71. The number of nitrogens with one attached hydrogen (secondary N) is 1. The number of aliphatic carboxylic acids is 1. The number of carbonyl (C=O) groups is 1. The van der Waals surface area contributed by atoms with Gasteiger partial charge in [-0.25, -0.2) is 10.5 Å². The van der Waals surface area contributed by atoms with Crippen molar-refractivity contribution in [2.45, 2.75) is 19.4 Å². The molecule has 1 rings (SSSR count). The quantitative estimate of drug-likeness (QED) is 0.163. The van der Waals surface area contributed by atoms with Gasteiger partial charge in [-0.1, -0.05) is 12.0 Å². The van der Waals surface area contributed by atoms with Crippen LogP contribution in [0.1, 0.15) is 16.8 Å². The number of carboxylic acid groups (broad SMARTS) is 1. The van der Waals surface area contributed by atoms with E-state index in [4.69, 9.17) is 38.0 Å². The number of terminal acetylenes is 1. The predicted octanol–water partition coefficient (Wildman–Crippen LogP) is 0.825. The molecule has 8 N–H and O–H groups in total. The van der Waals surface area contributed by atoms with Crippen molar-refractivity contribution >= 4 is 5.97 Å². The first-order chi connectivity index (χ1) is 13.3. The molecule has 0 heterocycles. The van der Waals surface area contributed by atoms with E-state index in [1.807, 2.05) is 0 Å². The first-order valence-corrected chi connectivity index (χ1v) is 7.06. The van der Waals surface area contributed by atoms with Crippen LogP contribution >= 0.6 is 0 Å². The Morgan fingerprint density at radius 3 is 2.18 bits per heavy atom. The van der Waals surface area contributed by atoms with E-state index in [9.17, 15) is 4.79 Å². The molecule has 0 aliphatic carbocycles. The average Bonchev–Trinajstić information content (AvgIpc) is 2.66. The zero-order valence-electron chi connectivity index (χ0n) is 14.6. The fourth-order valence-electron chi connectivity index (χ4n) is 1.25. The van der Waals surface area contributed by atoms with Crippen LogP contribution in [-0.2, 0) is 21.2 Å². The van der Waals surface area contributed by atoms with E-state index in [1.54, 1.807) is 6.92 Å². The second kappa shape index (κ2) is 18.1. The van der Waals surface area contributed by atoms with Gasteiger partial charge in [-0.15, -0.1) is 16.4 Å². The normalized spacial score (nSPS) is 8.82. The molecule has 0 aliphatic heterocycles. The van der Waals surface area contributed by atoms with Gasteiger partial charge in [-0.3, -0.25) is 4.79 Å². The third-order valence-corrected chi connectivity index (χ3v) is 2.33. The van der Waals surface area contributed by atoms with Gasteiger partial charge in [-0.2, -0.15) is 0 Å². The van der Waals surface area contributed by atoms with Crippen molar-refractivity contribution in [1.82, 2.24) is 5.64 Å². The number of nitrogens with two attached hydrogens (primary N) is 1. The summed E-state index contributed by atoms with van der Waals surface area (Å²) in [5, 5.41) is 41.0. The Morgan fingerprint density at radius 1 is 1.18 bits per heavy atom. The molecule has 0 spiro atoms. The Labute approximate surface area is 165 Å². The monoisotopic (exact) mass is 396 g/mol. The molecule has 1 atom stereocenters. The fourth-order valence-corrected chi connectivity index (χ4v) is 1.25. The summed E-state index contributed by atoms with van der Waals surface area (Å²) in [5.74, 6) is 15.4. The van der Waals surface area contributed by atoms with Gasteiger partial charge in [0.2, 0.25) is 0 Å². The molecule has 10 heteroatoms. The topological polar surface area (TPSA) is 175 Å².